The van der Waals surface area contributed by atoms with Crippen LogP contribution in [0.4, 0.5) is 0 Å². The Bertz CT molecular complexity index is 763. The minimum atomic E-state index is -0.730. The van der Waals surface area contributed by atoms with E-state index >= 15 is 0 Å². The summed E-state index contributed by atoms with van der Waals surface area (Å²) >= 11 is 0. The van der Waals surface area contributed by atoms with Gasteiger partial charge in [0, 0.05) is 19.2 Å². The van der Waals surface area contributed by atoms with E-state index in [2.05, 4.69) is 41.7 Å². The summed E-state index contributed by atoms with van der Waals surface area (Å²) in [6.45, 7) is 2.61. The van der Waals surface area contributed by atoms with Crippen molar-refractivity contribution in [3.8, 4) is 11.1 Å². The molecule has 3 rings (SSSR count). The monoisotopic (exact) mass is 321 g/mol. The Hall–Kier alpha value is -2.72. The van der Waals surface area contributed by atoms with E-state index in [4.69, 9.17) is 4.74 Å². The zero-order valence-electron chi connectivity index (χ0n) is 13.5. The quantitative estimate of drug-likeness (QED) is 0.860. The molecule has 0 saturated carbocycles. The van der Waals surface area contributed by atoms with Gasteiger partial charge in [0.1, 0.15) is 0 Å². The van der Waals surface area contributed by atoms with Crippen LogP contribution in [0.2, 0.25) is 0 Å². The molecule has 0 amide bonds. The zero-order chi connectivity index (χ0) is 16.9. The molecule has 2 aromatic rings. The maximum absolute atomic E-state index is 11.8. The first-order valence-corrected chi connectivity index (χ1v) is 7.92. The molecule has 4 nitrogen and oxygen atoms in total. The van der Waals surface area contributed by atoms with Crippen molar-refractivity contribution < 1.29 is 14.3 Å². The number of nitrogens with one attached hydrogen (secondary N) is 1. The van der Waals surface area contributed by atoms with Crippen LogP contribution >= 0.6 is 0 Å². The van der Waals surface area contributed by atoms with Crippen LogP contribution in [0.5, 0.6) is 0 Å². The van der Waals surface area contributed by atoms with Gasteiger partial charge in [0.05, 0.1) is 5.76 Å². The number of ether oxygens (including phenoxy) is 1. The number of Topliss-reactive ketones (excluding diaryl/α,β-unsaturated/α-hetero) is 1. The van der Waals surface area contributed by atoms with Crippen LogP contribution in [0.15, 0.2) is 66.4 Å². The van der Waals surface area contributed by atoms with Crippen molar-refractivity contribution in [1.82, 2.24) is 5.32 Å². The topological polar surface area (TPSA) is 55.4 Å². The van der Waals surface area contributed by atoms with Crippen molar-refractivity contribution >= 4 is 11.6 Å². The molecule has 2 aromatic carbocycles. The molecular formula is C20H19NO3. The zero-order valence-corrected chi connectivity index (χ0v) is 13.5. The van der Waals surface area contributed by atoms with Crippen LogP contribution in [0.1, 0.15) is 12.5 Å². The maximum Gasteiger partial charge on any atom is 0.244 e. The number of benzene rings is 2. The van der Waals surface area contributed by atoms with Gasteiger partial charge in [-0.3, -0.25) is 9.59 Å². The fourth-order valence-electron chi connectivity index (χ4n) is 2.65. The molecule has 0 fully saturated rings. The second kappa shape index (κ2) is 7.23. The van der Waals surface area contributed by atoms with Crippen LogP contribution in [-0.2, 0) is 20.9 Å². The van der Waals surface area contributed by atoms with E-state index in [1.54, 1.807) is 6.92 Å². The summed E-state index contributed by atoms with van der Waals surface area (Å²) in [5.41, 5.74) is 3.45. The second-order valence-corrected chi connectivity index (χ2v) is 5.78. The van der Waals surface area contributed by atoms with E-state index in [0.717, 1.165) is 11.1 Å². The van der Waals surface area contributed by atoms with Gasteiger partial charge < -0.3 is 10.1 Å². The second-order valence-electron chi connectivity index (χ2n) is 5.78. The Kier molecular flexibility index (Phi) is 4.87. The van der Waals surface area contributed by atoms with Crippen LogP contribution < -0.4 is 5.32 Å². The van der Waals surface area contributed by atoms with Crippen LogP contribution in [0.3, 0.4) is 0 Å². The molecule has 1 atom stereocenters. The molecule has 0 saturated heterocycles. The van der Waals surface area contributed by atoms with Crippen molar-refractivity contribution in [2.75, 3.05) is 6.54 Å². The molecule has 1 aliphatic rings. The van der Waals surface area contributed by atoms with Crippen LogP contribution in [0.25, 0.3) is 11.1 Å². The lowest BCUT2D eigenvalue weighted by Crippen LogP contribution is -2.41. The highest BCUT2D eigenvalue weighted by Crippen LogP contribution is 2.19. The maximum atomic E-state index is 11.8. The molecule has 1 N–H and O–H groups in total. The SMILES string of the molecule is CC1=CC(=O)C(=O)C(CNCc2ccc(-c3ccccc3)cc2)O1. The van der Waals surface area contributed by atoms with Crippen LogP contribution in [-0.4, -0.2) is 24.2 Å². The predicted octanol–water partition coefficient (Wildman–Crippen LogP) is 2.88. The van der Waals surface area contributed by atoms with Gasteiger partial charge in [-0.2, -0.15) is 0 Å². The van der Waals surface area contributed by atoms with E-state index < -0.39 is 17.7 Å². The lowest BCUT2D eigenvalue weighted by atomic mass is 10.0. The number of rotatable bonds is 5. The molecule has 0 bridgehead atoms. The van der Waals surface area contributed by atoms with Gasteiger partial charge in [0.25, 0.3) is 0 Å². The first-order valence-electron chi connectivity index (χ1n) is 7.92. The van der Waals surface area contributed by atoms with E-state index in [0.29, 0.717) is 18.8 Å². The number of allylic oxidation sites excluding steroid dienone is 2. The van der Waals surface area contributed by atoms with Gasteiger partial charge in [0.15, 0.2) is 6.10 Å². The van der Waals surface area contributed by atoms with Gasteiger partial charge in [0.2, 0.25) is 11.6 Å². The molecule has 1 unspecified atom stereocenters. The number of hydrogen-bond acceptors (Lipinski definition) is 4. The Labute approximate surface area is 141 Å². The summed E-state index contributed by atoms with van der Waals surface area (Å²) < 4.78 is 5.41. The van der Waals surface area contributed by atoms with Gasteiger partial charge in [-0.15, -0.1) is 0 Å². The summed E-state index contributed by atoms with van der Waals surface area (Å²) in [5.74, 6) is -0.496. The van der Waals surface area contributed by atoms with Crippen molar-refractivity contribution in [2.24, 2.45) is 0 Å². The Morgan fingerprint density at radius 2 is 1.62 bits per heavy atom. The molecule has 0 spiro atoms. The fourth-order valence-corrected chi connectivity index (χ4v) is 2.65. The first kappa shape index (κ1) is 16.1. The summed E-state index contributed by atoms with van der Waals surface area (Å²) in [6, 6.07) is 18.4. The standard InChI is InChI=1S/C20H19NO3/c1-14-11-18(22)20(23)19(24-14)13-21-12-15-7-9-17(10-8-15)16-5-3-2-4-6-16/h2-11,19,21H,12-13H2,1H3. The molecule has 122 valence electrons. The normalized spacial score (nSPS) is 17.4. The molecule has 24 heavy (non-hydrogen) atoms. The summed E-state index contributed by atoms with van der Waals surface area (Å²) in [7, 11) is 0. The largest absolute Gasteiger partial charge is 0.485 e. The molecular weight excluding hydrogens is 302 g/mol. The van der Waals surface area contributed by atoms with Crippen molar-refractivity contribution in [3.63, 3.8) is 0 Å². The minimum Gasteiger partial charge on any atom is -0.485 e. The van der Waals surface area contributed by atoms with Gasteiger partial charge in [-0.05, 0) is 23.6 Å². The summed E-state index contributed by atoms with van der Waals surface area (Å²) in [6.07, 6.45) is 0.507. The van der Waals surface area contributed by atoms with Crippen molar-refractivity contribution in [2.45, 2.75) is 19.6 Å². The number of ketones is 2. The lowest BCUT2D eigenvalue weighted by molar-refractivity contribution is -0.141. The first-order chi connectivity index (χ1) is 11.6. The molecule has 0 radical (unpaired) electrons. The van der Waals surface area contributed by atoms with E-state index in [1.807, 2.05) is 18.2 Å². The van der Waals surface area contributed by atoms with Crippen molar-refractivity contribution in [1.29, 1.82) is 0 Å². The molecule has 0 aliphatic carbocycles. The third kappa shape index (κ3) is 3.78. The number of hydrogen-bond donors (Lipinski definition) is 1. The highest BCUT2D eigenvalue weighted by molar-refractivity contribution is 6.43. The molecule has 1 aliphatic heterocycles. The lowest BCUT2D eigenvalue weighted by Gasteiger charge is -2.21. The third-order valence-corrected chi connectivity index (χ3v) is 3.92. The molecule has 4 heteroatoms. The smallest absolute Gasteiger partial charge is 0.244 e. The summed E-state index contributed by atoms with van der Waals surface area (Å²) in [4.78, 5) is 23.2. The van der Waals surface area contributed by atoms with Crippen molar-refractivity contribution in [3.05, 3.63) is 72.0 Å². The molecule has 1 heterocycles. The van der Waals surface area contributed by atoms with Gasteiger partial charge >= 0.3 is 0 Å². The average Bonchev–Trinajstić information content (AvgIpc) is 2.60. The number of carbonyl (C=O) groups is 2. The molecule has 0 aromatic heterocycles. The third-order valence-electron chi connectivity index (χ3n) is 3.92. The fraction of sp³-hybridized carbons (Fsp3) is 0.200. The number of carbonyl (C=O) groups excluding carboxylic acids is 2. The predicted molar refractivity (Wildman–Crippen MR) is 92.2 cm³/mol. The Balaban J connectivity index is 1.55. The summed E-state index contributed by atoms with van der Waals surface area (Å²) in [5, 5.41) is 3.18. The Morgan fingerprint density at radius 3 is 2.33 bits per heavy atom. The highest BCUT2D eigenvalue weighted by atomic mass is 16.5. The highest BCUT2D eigenvalue weighted by Gasteiger charge is 2.29. The Morgan fingerprint density at radius 1 is 0.958 bits per heavy atom. The van der Waals surface area contributed by atoms with Crippen LogP contribution in [0, 0.1) is 0 Å². The van der Waals surface area contributed by atoms with E-state index in [1.165, 1.54) is 11.6 Å². The average molecular weight is 321 g/mol. The van der Waals surface area contributed by atoms with Gasteiger partial charge in [-0.1, -0.05) is 54.6 Å². The van der Waals surface area contributed by atoms with E-state index in [9.17, 15) is 9.59 Å². The minimum absolute atomic E-state index is 0.316. The van der Waals surface area contributed by atoms with Gasteiger partial charge in [-0.25, -0.2) is 0 Å². The van der Waals surface area contributed by atoms with E-state index in [-0.39, 0.29) is 0 Å².